The van der Waals surface area contributed by atoms with E-state index in [1.807, 2.05) is 36.4 Å². The van der Waals surface area contributed by atoms with Gasteiger partial charge in [-0.3, -0.25) is 14.4 Å². The minimum Gasteiger partial charge on any atom is -0.351 e. The van der Waals surface area contributed by atoms with Crippen molar-refractivity contribution in [2.45, 2.75) is 18.8 Å². The summed E-state index contributed by atoms with van der Waals surface area (Å²) in [4.78, 5) is 52.9. The Labute approximate surface area is 232 Å². The van der Waals surface area contributed by atoms with Gasteiger partial charge < -0.3 is 20.2 Å². The minimum atomic E-state index is -0.621. The number of benzene rings is 1. The summed E-state index contributed by atoms with van der Waals surface area (Å²) in [7, 11) is 0. The highest BCUT2D eigenvalue weighted by Crippen LogP contribution is 2.64. The van der Waals surface area contributed by atoms with Gasteiger partial charge >= 0.3 is 0 Å². The van der Waals surface area contributed by atoms with Crippen LogP contribution in [0.5, 0.6) is 0 Å². The van der Waals surface area contributed by atoms with E-state index in [-0.39, 0.29) is 23.5 Å². The second-order valence-electron chi connectivity index (χ2n) is 10.6. The summed E-state index contributed by atoms with van der Waals surface area (Å²) in [6.07, 6.45) is 9.51. The van der Waals surface area contributed by atoms with Crippen LogP contribution in [0.25, 0.3) is 28.0 Å². The van der Waals surface area contributed by atoms with Crippen LogP contribution in [0, 0.1) is 12.8 Å². The molecule has 5 heterocycles. The van der Waals surface area contributed by atoms with Gasteiger partial charge in [0.2, 0.25) is 0 Å². The van der Waals surface area contributed by atoms with E-state index in [1.165, 1.54) is 4.88 Å². The molecule has 1 spiro atoms. The van der Waals surface area contributed by atoms with Gasteiger partial charge in [0.1, 0.15) is 16.8 Å². The van der Waals surface area contributed by atoms with E-state index < -0.39 is 5.41 Å². The lowest BCUT2D eigenvalue weighted by Gasteiger charge is -2.27. The molecule has 1 saturated heterocycles. The second kappa shape index (κ2) is 8.12. The Morgan fingerprint density at radius 1 is 1.25 bits per heavy atom. The molecule has 2 fully saturated rings. The van der Waals surface area contributed by atoms with Crippen LogP contribution < -0.4 is 5.32 Å². The van der Waals surface area contributed by atoms with E-state index in [2.05, 4.69) is 38.6 Å². The third-order valence-electron chi connectivity index (χ3n) is 8.40. The number of likely N-dealkylation sites (tertiary alicyclic amines) is 1. The molecule has 3 N–H and O–H groups in total. The molecule has 2 aliphatic carbocycles. The standard InChI is InChI=1S/C31H23N5O3S/c1-16-15-40-24-7-8-25-31(27(16)24)21(28(31)38)14-36(25)26(37)9-6-18-12-32-29-20(18)11-19(13-33-29)34-30(39)23-10-17-4-2-3-5-22(17)35-23/h2-6,8-13,15,21,35H,7,14H2,1H3,(H,32,33)(H,34,39)/t21-,31-/m0/s1. The number of ketones is 1. The highest BCUT2D eigenvalue weighted by molar-refractivity contribution is 7.10. The fraction of sp³-hybridized carbons (Fsp3) is 0.161. The summed E-state index contributed by atoms with van der Waals surface area (Å²) in [5.74, 6) is -0.323. The van der Waals surface area contributed by atoms with Gasteiger partial charge in [-0.2, -0.15) is 0 Å². The van der Waals surface area contributed by atoms with Crippen LogP contribution in [0.15, 0.2) is 72.0 Å². The van der Waals surface area contributed by atoms with Crippen molar-refractivity contribution in [3.8, 4) is 0 Å². The summed E-state index contributed by atoms with van der Waals surface area (Å²) in [6.45, 7) is 2.48. The number of thiophene rings is 1. The Kier molecular flexibility index (Phi) is 4.70. The van der Waals surface area contributed by atoms with Crippen molar-refractivity contribution in [2.24, 2.45) is 5.92 Å². The number of para-hydroxylation sites is 1. The van der Waals surface area contributed by atoms with Crippen molar-refractivity contribution in [3.63, 3.8) is 0 Å². The number of carbonyl (C=O) groups is 3. The number of aromatic amines is 2. The van der Waals surface area contributed by atoms with Crippen LogP contribution in [-0.4, -0.2) is 44.0 Å². The van der Waals surface area contributed by atoms with E-state index >= 15 is 0 Å². The molecule has 4 aromatic heterocycles. The van der Waals surface area contributed by atoms with Gasteiger partial charge in [-0.25, -0.2) is 4.98 Å². The number of amides is 2. The SMILES string of the molecule is Cc1csc2c1[C@]13C(=O)[C@@H]1CN(C(=O)C=Cc1c[nH]c4ncc(NC(=O)c5cc6ccccc6[nH]5)cc14)C3=CC2. The van der Waals surface area contributed by atoms with Gasteiger partial charge in [0.15, 0.2) is 5.78 Å². The largest absolute Gasteiger partial charge is 0.351 e. The van der Waals surface area contributed by atoms with Gasteiger partial charge in [-0.05, 0) is 47.7 Å². The smallest absolute Gasteiger partial charge is 0.272 e. The predicted molar refractivity (Wildman–Crippen MR) is 154 cm³/mol. The number of rotatable bonds is 4. The van der Waals surface area contributed by atoms with Crippen LogP contribution in [0.1, 0.15) is 32.1 Å². The maximum Gasteiger partial charge on any atom is 0.272 e. The Bertz CT molecular complexity index is 1960. The van der Waals surface area contributed by atoms with Gasteiger partial charge in [0, 0.05) is 57.7 Å². The number of aromatic nitrogens is 3. The van der Waals surface area contributed by atoms with Gasteiger partial charge in [-0.15, -0.1) is 11.3 Å². The van der Waals surface area contributed by atoms with E-state index in [4.69, 9.17) is 0 Å². The summed E-state index contributed by atoms with van der Waals surface area (Å²) in [5.41, 5.74) is 5.83. The molecule has 1 aliphatic heterocycles. The van der Waals surface area contributed by atoms with Crippen molar-refractivity contribution in [2.75, 3.05) is 11.9 Å². The van der Waals surface area contributed by atoms with Crippen LogP contribution in [0.2, 0.25) is 0 Å². The van der Waals surface area contributed by atoms with E-state index in [1.54, 1.807) is 40.8 Å². The fourth-order valence-corrected chi connectivity index (χ4v) is 7.59. The molecule has 40 heavy (non-hydrogen) atoms. The summed E-state index contributed by atoms with van der Waals surface area (Å²) < 4.78 is 0. The van der Waals surface area contributed by atoms with Crippen LogP contribution in [0.3, 0.4) is 0 Å². The maximum atomic E-state index is 13.4. The lowest BCUT2D eigenvalue weighted by atomic mass is 9.84. The number of pyridine rings is 1. The molecule has 5 aromatic rings. The number of carbonyl (C=O) groups excluding carboxylic acids is 3. The first-order chi connectivity index (χ1) is 19.4. The van der Waals surface area contributed by atoms with Crippen LogP contribution in [0.4, 0.5) is 5.69 Å². The zero-order chi connectivity index (χ0) is 27.2. The number of piperidine rings is 1. The number of allylic oxidation sites excluding steroid dienone is 2. The van der Waals surface area contributed by atoms with Gasteiger partial charge in [-0.1, -0.05) is 24.3 Å². The molecule has 2 atom stereocenters. The lowest BCUT2D eigenvalue weighted by Crippen LogP contribution is -2.33. The first-order valence-electron chi connectivity index (χ1n) is 13.1. The second-order valence-corrected chi connectivity index (χ2v) is 11.6. The van der Waals surface area contributed by atoms with E-state index in [0.29, 0.717) is 23.6 Å². The monoisotopic (exact) mass is 545 g/mol. The average molecular weight is 546 g/mol. The summed E-state index contributed by atoms with van der Waals surface area (Å²) in [5, 5.41) is 6.77. The molecule has 9 heteroatoms. The number of anilines is 1. The number of hydrogen-bond acceptors (Lipinski definition) is 5. The molecule has 0 bridgehead atoms. The number of hydrogen-bond donors (Lipinski definition) is 3. The summed E-state index contributed by atoms with van der Waals surface area (Å²) in [6, 6.07) is 11.4. The molecule has 8 nitrogen and oxygen atoms in total. The average Bonchev–Trinajstić information content (AvgIpc) is 3.55. The number of Topliss-reactive ketones (excluding diaryl/α,β-unsaturated/α-hetero) is 1. The lowest BCUT2D eigenvalue weighted by molar-refractivity contribution is -0.124. The number of nitrogens with zero attached hydrogens (tertiary/aromatic N) is 2. The van der Waals surface area contributed by atoms with Gasteiger partial charge in [0.25, 0.3) is 11.8 Å². The van der Waals surface area contributed by atoms with Crippen LogP contribution in [-0.2, 0) is 21.4 Å². The Balaban J connectivity index is 1.04. The fourth-order valence-electron chi connectivity index (χ4n) is 6.53. The molecule has 8 rings (SSSR count). The molecule has 0 radical (unpaired) electrons. The molecule has 1 saturated carbocycles. The zero-order valence-electron chi connectivity index (χ0n) is 21.4. The molecule has 0 unspecified atom stereocenters. The molecular formula is C31H23N5O3S. The normalized spacial score (nSPS) is 21.0. The number of nitrogens with one attached hydrogen (secondary N) is 3. The summed E-state index contributed by atoms with van der Waals surface area (Å²) >= 11 is 1.70. The van der Waals surface area contributed by atoms with Gasteiger partial charge in [0.05, 0.1) is 17.8 Å². The number of H-pyrrole nitrogens is 2. The highest BCUT2D eigenvalue weighted by Gasteiger charge is 2.75. The van der Waals surface area contributed by atoms with E-state index in [9.17, 15) is 14.4 Å². The maximum absolute atomic E-state index is 13.4. The predicted octanol–water partition coefficient (Wildman–Crippen LogP) is 5.10. The molecule has 3 aliphatic rings. The third-order valence-corrected chi connectivity index (χ3v) is 9.52. The molecule has 196 valence electrons. The first-order valence-corrected chi connectivity index (χ1v) is 14.0. The Morgan fingerprint density at radius 2 is 2.12 bits per heavy atom. The Morgan fingerprint density at radius 3 is 3.00 bits per heavy atom. The molecular weight excluding hydrogens is 522 g/mol. The first kappa shape index (κ1) is 23.2. The van der Waals surface area contributed by atoms with E-state index in [0.717, 1.165) is 45.1 Å². The third kappa shape index (κ3) is 3.12. The van der Waals surface area contributed by atoms with Crippen molar-refractivity contribution in [1.29, 1.82) is 0 Å². The molecule has 2 amide bonds. The quantitative estimate of drug-likeness (QED) is 0.273. The highest BCUT2D eigenvalue weighted by atomic mass is 32.1. The molecule has 1 aromatic carbocycles. The topological polar surface area (TPSA) is 111 Å². The van der Waals surface area contributed by atoms with Crippen molar-refractivity contribution >= 4 is 62.6 Å². The Hall–Kier alpha value is -4.76. The van der Waals surface area contributed by atoms with Crippen LogP contribution >= 0.6 is 11.3 Å². The number of aryl methyl sites for hydroxylation is 1. The van der Waals surface area contributed by atoms with Crippen molar-refractivity contribution < 1.29 is 14.4 Å². The van der Waals surface area contributed by atoms with Crippen molar-refractivity contribution in [3.05, 3.63) is 99.3 Å². The van der Waals surface area contributed by atoms with Crippen molar-refractivity contribution in [1.82, 2.24) is 19.9 Å². The zero-order valence-corrected chi connectivity index (χ0v) is 22.3. The number of fused-ring (bicyclic) bond motifs is 3. The minimum absolute atomic E-state index is 0.146.